The average Bonchev–Trinajstić information content (AvgIpc) is 3.32. The summed E-state index contributed by atoms with van der Waals surface area (Å²) in [5, 5.41) is 12.4. The van der Waals surface area contributed by atoms with Crippen molar-refractivity contribution >= 4 is 17.7 Å². The molecule has 1 aliphatic rings. The van der Waals surface area contributed by atoms with Crippen LogP contribution in [0.5, 0.6) is 0 Å². The van der Waals surface area contributed by atoms with E-state index in [9.17, 15) is 4.79 Å². The number of hydrogen-bond acceptors (Lipinski definition) is 5. The summed E-state index contributed by atoms with van der Waals surface area (Å²) in [6, 6.07) is 4.33. The number of carbonyl (C=O) groups excluding carboxylic acids is 1. The molecule has 0 spiro atoms. The molecule has 1 fully saturated rings. The highest BCUT2D eigenvalue weighted by atomic mass is 32.2. The van der Waals surface area contributed by atoms with Crippen molar-refractivity contribution in [3.8, 4) is 11.4 Å². The van der Waals surface area contributed by atoms with Crippen LogP contribution >= 0.6 is 11.8 Å². The van der Waals surface area contributed by atoms with Gasteiger partial charge in [0.05, 0.1) is 5.75 Å². The number of thioether (sulfide) groups is 1. The van der Waals surface area contributed by atoms with Gasteiger partial charge in [0, 0.05) is 30.5 Å². The molecule has 7 heteroatoms. The first-order valence-corrected chi connectivity index (χ1v) is 9.38. The number of nitrogens with one attached hydrogen (secondary N) is 1. The fourth-order valence-corrected chi connectivity index (χ4v) is 3.25. The SMILES string of the molecule is CC(C)CCNC(=O)CSc1nnc(-c2cccnc2)n1C1CC1. The predicted octanol–water partition coefficient (Wildman–Crippen LogP) is 2.93. The van der Waals surface area contributed by atoms with Gasteiger partial charge in [-0.3, -0.25) is 14.3 Å². The van der Waals surface area contributed by atoms with E-state index in [-0.39, 0.29) is 5.91 Å². The smallest absolute Gasteiger partial charge is 0.230 e. The normalized spacial score (nSPS) is 14.1. The molecular weight excluding hydrogens is 322 g/mol. The van der Waals surface area contributed by atoms with Crippen LogP contribution in [0, 0.1) is 5.92 Å². The number of rotatable bonds is 8. The van der Waals surface area contributed by atoms with Crippen LogP contribution in [-0.2, 0) is 4.79 Å². The Morgan fingerprint density at radius 2 is 2.25 bits per heavy atom. The molecule has 0 radical (unpaired) electrons. The zero-order valence-electron chi connectivity index (χ0n) is 14.1. The Bertz CT molecular complexity index is 682. The number of hydrogen-bond donors (Lipinski definition) is 1. The van der Waals surface area contributed by atoms with E-state index in [0.717, 1.165) is 42.4 Å². The molecule has 3 rings (SSSR count). The second kappa shape index (κ2) is 7.79. The second-order valence-corrected chi connectivity index (χ2v) is 7.41. The van der Waals surface area contributed by atoms with Gasteiger partial charge in [0.15, 0.2) is 11.0 Å². The lowest BCUT2D eigenvalue weighted by Gasteiger charge is -2.09. The van der Waals surface area contributed by atoms with Gasteiger partial charge in [0.25, 0.3) is 0 Å². The highest BCUT2D eigenvalue weighted by Crippen LogP contribution is 2.40. The Hall–Kier alpha value is -1.89. The molecule has 2 aromatic heterocycles. The third-order valence-corrected chi connectivity index (χ3v) is 4.82. The van der Waals surface area contributed by atoms with Crippen LogP contribution in [0.1, 0.15) is 39.2 Å². The van der Waals surface area contributed by atoms with Gasteiger partial charge in [-0.2, -0.15) is 0 Å². The number of nitrogens with zero attached hydrogens (tertiary/aromatic N) is 4. The van der Waals surface area contributed by atoms with Gasteiger partial charge in [0.2, 0.25) is 5.91 Å². The molecule has 2 aromatic rings. The summed E-state index contributed by atoms with van der Waals surface area (Å²) in [4.78, 5) is 16.1. The van der Waals surface area contributed by atoms with Gasteiger partial charge in [0.1, 0.15) is 0 Å². The lowest BCUT2D eigenvalue weighted by Crippen LogP contribution is -2.27. The molecule has 1 saturated carbocycles. The lowest BCUT2D eigenvalue weighted by molar-refractivity contribution is -0.118. The van der Waals surface area contributed by atoms with Crippen LogP contribution < -0.4 is 5.32 Å². The molecule has 0 aliphatic heterocycles. The van der Waals surface area contributed by atoms with Crippen molar-refractivity contribution < 1.29 is 4.79 Å². The molecule has 2 heterocycles. The summed E-state index contributed by atoms with van der Waals surface area (Å²) in [7, 11) is 0. The van der Waals surface area contributed by atoms with E-state index in [1.54, 1.807) is 12.4 Å². The van der Waals surface area contributed by atoms with Crippen molar-refractivity contribution in [2.45, 2.75) is 44.3 Å². The fraction of sp³-hybridized carbons (Fsp3) is 0.529. The van der Waals surface area contributed by atoms with Crippen molar-refractivity contribution in [1.29, 1.82) is 0 Å². The molecule has 0 atom stereocenters. The Kier molecular flexibility index (Phi) is 5.50. The van der Waals surface area contributed by atoms with E-state index in [2.05, 4.69) is 38.9 Å². The van der Waals surface area contributed by atoms with Crippen LogP contribution in [0.25, 0.3) is 11.4 Å². The minimum atomic E-state index is 0.0499. The van der Waals surface area contributed by atoms with Crippen LogP contribution in [-0.4, -0.2) is 38.0 Å². The highest BCUT2D eigenvalue weighted by Gasteiger charge is 2.30. The van der Waals surface area contributed by atoms with Gasteiger partial charge in [-0.1, -0.05) is 25.6 Å². The van der Waals surface area contributed by atoms with E-state index in [4.69, 9.17) is 0 Å². The van der Waals surface area contributed by atoms with Crippen LogP contribution in [0.3, 0.4) is 0 Å². The maximum atomic E-state index is 12.0. The Balaban J connectivity index is 1.64. The standard InChI is InChI=1S/C17H23N5OS/c1-12(2)7-9-19-15(23)11-24-17-21-20-16(22(17)14-5-6-14)13-4-3-8-18-10-13/h3-4,8,10,12,14H,5-7,9,11H2,1-2H3,(H,19,23). The summed E-state index contributed by atoms with van der Waals surface area (Å²) in [5.74, 6) is 1.86. The first-order chi connectivity index (χ1) is 11.6. The zero-order valence-corrected chi connectivity index (χ0v) is 14.9. The molecule has 0 unspecified atom stereocenters. The highest BCUT2D eigenvalue weighted by molar-refractivity contribution is 7.99. The predicted molar refractivity (Wildman–Crippen MR) is 94.7 cm³/mol. The van der Waals surface area contributed by atoms with Gasteiger partial charge in [-0.15, -0.1) is 10.2 Å². The molecule has 0 saturated heterocycles. The summed E-state index contributed by atoms with van der Waals surface area (Å²) in [6.07, 6.45) is 6.83. The van der Waals surface area contributed by atoms with E-state index in [1.807, 2.05) is 12.1 Å². The van der Waals surface area contributed by atoms with E-state index in [0.29, 0.717) is 17.7 Å². The monoisotopic (exact) mass is 345 g/mol. The molecule has 24 heavy (non-hydrogen) atoms. The van der Waals surface area contributed by atoms with Crippen molar-refractivity contribution in [2.24, 2.45) is 5.92 Å². The number of amides is 1. The zero-order chi connectivity index (χ0) is 16.9. The molecule has 0 bridgehead atoms. The summed E-state index contributed by atoms with van der Waals surface area (Å²) in [5.41, 5.74) is 0.963. The minimum Gasteiger partial charge on any atom is -0.355 e. The summed E-state index contributed by atoms with van der Waals surface area (Å²) in [6.45, 7) is 5.03. The topological polar surface area (TPSA) is 72.7 Å². The Morgan fingerprint density at radius 1 is 1.42 bits per heavy atom. The molecule has 1 N–H and O–H groups in total. The number of aromatic nitrogens is 4. The average molecular weight is 345 g/mol. The van der Waals surface area contributed by atoms with Crippen LogP contribution in [0.2, 0.25) is 0 Å². The molecule has 1 amide bonds. The largest absolute Gasteiger partial charge is 0.355 e. The lowest BCUT2D eigenvalue weighted by atomic mass is 10.1. The van der Waals surface area contributed by atoms with E-state index >= 15 is 0 Å². The first-order valence-electron chi connectivity index (χ1n) is 8.40. The number of carbonyl (C=O) groups is 1. The van der Waals surface area contributed by atoms with E-state index in [1.165, 1.54) is 11.8 Å². The molecule has 6 nitrogen and oxygen atoms in total. The Labute approximate surface area is 146 Å². The van der Waals surface area contributed by atoms with Gasteiger partial charge in [-0.05, 0) is 37.3 Å². The van der Waals surface area contributed by atoms with Crippen LogP contribution in [0.4, 0.5) is 0 Å². The van der Waals surface area contributed by atoms with E-state index < -0.39 is 0 Å². The van der Waals surface area contributed by atoms with Crippen molar-refractivity contribution in [2.75, 3.05) is 12.3 Å². The summed E-state index contributed by atoms with van der Waals surface area (Å²) < 4.78 is 2.16. The van der Waals surface area contributed by atoms with Gasteiger partial charge >= 0.3 is 0 Å². The Morgan fingerprint density at radius 3 is 2.92 bits per heavy atom. The molecule has 128 valence electrons. The molecule has 0 aromatic carbocycles. The third kappa shape index (κ3) is 4.35. The maximum Gasteiger partial charge on any atom is 0.230 e. The fourth-order valence-electron chi connectivity index (χ4n) is 2.41. The minimum absolute atomic E-state index is 0.0499. The van der Waals surface area contributed by atoms with Crippen molar-refractivity contribution in [3.63, 3.8) is 0 Å². The van der Waals surface area contributed by atoms with Crippen LogP contribution in [0.15, 0.2) is 29.7 Å². The molecule has 1 aliphatic carbocycles. The van der Waals surface area contributed by atoms with Crippen molar-refractivity contribution in [1.82, 2.24) is 25.1 Å². The first kappa shape index (κ1) is 17.0. The van der Waals surface area contributed by atoms with Crippen molar-refractivity contribution in [3.05, 3.63) is 24.5 Å². The quantitative estimate of drug-likeness (QED) is 0.745. The summed E-state index contributed by atoms with van der Waals surface area (Å²) >= 11 is 1.45. The van der Waals surface area contributed by atoms with Gasteiger partial charge < -0.3 is 5.32 Å². The molecular formula is C17H23N5OS. The van der Waals surface area contributed by atoms with Gasteiger partial charge in [-0.25, -0.2) is 0 Å². The maximum absolute atomic E-state index is 12.0. The number of pyridine rings is 1. The third-order valence-electron chi connectivity index (χ3n) is 3.87. The second-order valence-electron chi connectivity index (χ2n) is 6.47.